The molecule has 0 saturated carbocycles. The van der Waals surface area contributed by atoms with Gasteiger partial charge in [0.2, 0.25) is 5.91 Å². The first kappa shape index (κ1) is 15.0. The van der Waals surface area contributed by atoms with Crippen LogP contribution in [0.4, 0.5) is 0 Å². The lowest BCUT2D eigenvalue weighted by molar-refractivity contribution is -0.121. The van der Waals surface area contributed by atoms with Crippen molar-refractivity contribution < 1.29 is 9.53 Å². The molecule has 6 nitrogen and oxygen atoms in total. The van der Waals surface area contributed by atoms with Crippen LogP contribution in [-0.4, -0.2) is 27.6 Å². The van der Waals surface area contributed by atoms with Crippen molar-refractivity contribution in [1.82, 2.24) is 19.9 Å². The summed E-state index contributed by atoms with van der Waals surface area (Å²) in [4.78, 5) is 12.2. The number of carbonyl (C=O) groups is 1. The van der Waals surface area contributed by atoms with Gasteiger partial charge < -0.3 is 10.1 Å². The normalized spacial score (nSPS) is 12.1. The Hall–Kier alpha value is -2.89. The number of carbonyl (C=O) groups excluding carboxylic acids is 1. The van der Waals surface area contributed by atoms with Crippen LogP contribution in [0, 0.1) is 0 Å². The lowest BCUT2D eigenvalue weighted by Crippen LogP contribution is -2.29. The lowest BCUT2D eigenvalue weighted by Gasteiger charge is -2.12. The number of amides is 1. The molecule has 0 spiro atoms. The van der Waals surface area contributed by atoms with Crippen molar-refractivity contribution in [2.24, 2.45) is 0 Å². The first-order valence-electron chi connectivity index (χ1n) is 7.39. The maximum Gasteiger partial charge on any atom is 0.225 e. The highest BCUT2D eigenvalue weighted by molar-refractivity contribution is 5.79. The van der Waals surface area contributed by atoms with Crippen molar-refractivity contribution in [1.29, 1.82) is 0 Å². The molecule has 0 fully saturated rings. The third-order valence-corrected chi connectivity index (χ3v) is 3.60. The summed E-state index contributed by atoms with van der Waals surface area (Å²) in [5.74, 6) is 1.38. The van der Waals surface area contributed by atoms with Crippen LogP contribution in [0.25, 0.3) is 5.65 Å². The summed E-state index contributed by atoms with van der Waals surface area (Å²) in [5.41, 5.74) is 1.66. The van der Waals surface area contributed by atoms with E-state index < -0.39 is 0 Å². The second-order valence-electron chi connectivity index (χ2n) is 5.30. The van der Waals surface area contributed by atoms with E-state index in [9.17, 15) is 4.79 Å². The average molecular weight is 310 g/mol. The first-order valence-corrected chi connectivity index (χ1v) is 7.39. The van der Waals surface area contributed by atoms with Crippen LogP contribution < -0.4 is 10.1 Å². The fraction of sp³-hybridized carbons (Fsp3) is 0.235. The largest absolute Gasteiger partial charge is 0.497 e. The summed E-state index contributed by atoms with van der Waals surface area (Å²) >= 11 is 0. The summed E-state index contributed by atoms with van der Waals surface area (Å²) < 4.78 is 7.04. The molecule has 0 aliphatic rings. The van der Waals surface area contributed by atoms with Crippen LogP contribution in [0.15, 0.2) is 48.7 Å². The Bertz CT molecular complexity index is 828. The van der Waals surface area contributed by atoms with E-state index in [1.165, 1.54) is 0 Å². The van der Waals surface area contributed by atoms with E-state index in [-0.39, 0.29) is 18.4 Å². The molecule has 118 valence electrons. The molecule has 0 aliphatic heterocycles. The predicted octanol–water partition coefficient (Wildman–Crippen LogP) is 2.16. The van der Waals surface area contributed by atoms with Gasteiger partial charge in [-0.1, -0.05) is 18.2 Å². The molecule has 0 radical (unpaired) electrons. The van der Waals surface area contributed by atoms with E-state index in [2.05, 4.69) is 15.5 Å². The molecule has 1 N–H and O–H groups in total. The molecule has 0 aliphatic carbocycles. The Morgan fingerprint density at radius 2 is 2.13 bits per heavy atom. The highest BCUT2D eigenvalue weighted by Gasteiger charge is 2.15. The lowest BCUT2D eigenvalue weighted by atomic mass is 10.1. The van der Waals surface area contributed by atoms with Crippen molar-refractivity contribution >= 4 is 11.6 Å². The third kappa shape index (κ3) is 3.31. The topological polar surface area (TPSA) is 68.5 Å². The van der Waals surface area contributed by atoms with Crippen LogP contribution in [0.2, 0.25) is 0 Å². The van der Waals surface area contributed by atoms with E-state index in [1.54, 1.807) is 7.11 Å². The molecule has 23 heavy (non-hydrogen) atoms. The van der Waals surface area contributed by atoms with Crippen molar-refractivity contribution in [3.05, 3.63) is 60.0 Å². The molecule has 2 aromatic heterocycles. The number of ether oxygens (including phenoxy) is 1. The highest BCUT2D eigenvalue weighted by atomic mass is 16.5. The van der Waals surface area contributed by atoms with Crippen LogP contribution in [0.3, 0.4) is 0 Å². The minimum absolute atomic E-state index is 0.0709. The Labute approximate surface area is 134 Å². The van der Waals surface area contributed by atoms with Crippen LogP contribution in [0.1, 0.15) is 24.4 Å². The SMILES string of the molecule is COc1cccc(CC(=O)NC(C)c2nnc3ccccn23)c1. The highest BCUT2D eigenvalue weighted by Crippen LogP contribution is 2.15. The van der Waals surface area contributed by atoms with E-state index in [0.717, 1.165) is 17.0 Å². The van der Waals surface area contributed by atoms with Gasteiger partial charge in [-0.2, -0.15) is 0 Å². The van der Waals surface area contributed by atoms with E-state index in [4.69, 9.17) is 4.74 Å². The van der Waals surface area contributed by atoms with Crippen LogP contribution >= 0.6 is 0 Å². The predicted molar refractivity (Wildman–Crippen MR) is 86.2 cm³/mol. The first-order chi connectivity index (χ1) is 11.2. The van der Waals surface area contributed by atoms with Crippen molar-refractivity contribution in [3.8, 4) is 5.75 Å². The van der Waals surface area contributed by atoms with Gasteiger partial charge in [-0.25, -0.2) is 0 Å². The van der Waals surface area contributed by atoms with Gasteiger partial charge in [-0.05, 0) is 36.8 Å². The number of hydrogen-bond donors (Lipinski definition) is 1. The number of benzene rings is 1. The number of nitrogens with one attached hydrogen (secondary N) is 1. The summed E-state index contributed by atoms with van der Waals surface area (Å²) in [6, 6.07) is 12.9. The number of aromatic nitrogens is 3. The van der Waals surface area contributed by atoms with Gasteiger partial charge in [0.05, 0.1) is 19.6 Å². The van der Waals surface area contributed by atoms with Gasteiger partial charge in [0, 0.05) is 6.20 Å². The Balaban J connectivity index is 1.69. The number of methoxy groups -OCH3 is 1. The van der Waals surface area contributed by atoms with Gasteiger partial charge in [-0.15, -0.1) is 10.2 Å². The van der Waals surface area contributed by atoms with Gasteiger partial charge in [0.15, 0.2) is 11.5 Å². The zero-order chi connectivity index (χ0) is 16.2. The Kier molecular flexibility index (Phi) is 4.23. The maximum atomic E-state index is 12.2. The molecule has 1 aromatic carbocycles. The standard InChI is InChI=1S/C17H18N4O2/c1-12(17-20-19-15-8-3-4-9-21(15)17)18-16(22)11-13-6-5-7-14(10-13)23-2/h3-10,12H,11H2,1-2H3,(H,18,22). The molecule has 0 bridgehead atoms. The van der Waals surface area contributed by atoms with Crippen molar-refractivity contribution in [2.75, 3.05) is 7.11 Å². The van der Waals surface area contributed by atoms with E-state index in [0.29, 0.717) is 5.82 Å². The molecule has 3 aromatic rings. The average Bonchev–Trinajstić information content (AvgIpc) is 2.99. The third-order valence-electron chi connectivity index (χ3n) is 3.60. The van der Waals surface area contributed by atoms with Gasteiger partial charge in [-0.3, -0.25) is 9.20 Å². The Morgan fingerprint density at radius 3 is 2.96 bits per heavy atom. The zero-order valence-electron chi connectivity index (χ0n) is 13.1. The zero-order valence-corrected chi connectivity index (χ0v) is 13.1. The number of hydrogen-bond acceptors (Lipinski definition) is 4. The fourth-order valence-corrected chi connectivity index (χ4v) is 2.48. The van der Waals surface area contributed by atoms with Gasteiger partial charge in [0.25, 0.3) is 0 Å². The van der Waals surface area contributed by atoms with Crippen molar-refractivity contribution in [2.45, 2.75) is 19.4 Å². The number of fused-ring (bicyclic) bond motifs is 1. The quantitative estimate of drug-likeness (QED) is 0.784. The summed E-state index contributed by atoms with van der Waals surface area (Å²) in [7, 11) is 1.61. The smallest absolute Gasteiger partial charge is 0.225 e. The number of pyridine rings is 1. The number of nitrogens with zero attached hydrogens (tertiary/aromatic N) is 3. The molecule has 2 heterocycles. The molecule has 1 atom stereocenters. The molecule has 1 amide bonds. The minimum Gasteiger partial charge on any atom is -0.497 e. The second kappa shape index (κ2) is 6.48. The molecular formula is C17H18N4O2. The molecule has 1 unspecified atom stereocenters. The van der Waals surface area contributed by atoms with E-state index >= 15 is 0 Å². The van der Waals surface area contributed by atoms with Gasteiger partial charge in [0.1, 0.15) is 5.75 Å². The molecule has 0 saturated heterocycles. The second-order valence-corrected chi connectivity index (χ2v) is 5.30. The fourth-order valence-electron chi connectivity index (χ4n) is 2.48. The Morgan fingerprint density at radius 1 is 1.26 bits per heavy atom. The molecule has 3 rings (SSSR count). The van der Waals surface area contributed by atoms with Crippen molar-refractivity contribution in [3.63, 3.8) is 0 Å². The monoisotopic (exact) mass is 310 g/mol. The summed E-state index contributed by atoms with van der Waals surface area (Å²) in [6.45, 7) is 1.90. The van der Waals surface area contributed by atoms with Crippen LogP contribution in [-0.2, 0) is 11.2 Å². The summed E-state index contributed by atoms with van der Waals surface area (Å²) in [6.07, 6.45) is 2.17. The molecular weight excluding hydrogens is 292 g/mol. The molecule has 6 heteroatoms. The summed E-state index contributed by atoms with van der Waals surface area (Å²) in [5, 5.41) is 11.2. The van der Waals surface area contributed by atoms with Gasteiger partial charge >= 0.3 is 0 Å². The number of rotatable bonds is 5. The van der Waals surface area contributed by atoms with Crippen LogP contribution in [0.5, 0.6) is 5.75 Å². The minimum atomic E-state index is -0.231. The maximum absolute atomic E-state index is 12.2. The van der Waals surface area contributed by atoms with E-state index in [1.807, 2.05) is 60.0 Å².